The Balaban J connectivity index is 0.00000288. The van der Waals surface area contributed by atoms with Gasteiger partial charge in [0.25, 0.3) is 0 Å². The molecule has 3 N–H and O–H groups in total. The van der Waals surface area contributed by atoms with Gasteiger partial charge in [0.1, 0.15) is 5.54 Å². The minimum Gasteiger partial charge on any atom is -0.378 e. The molecule has 0 aromatic heterocycles. The first-order valence-electron chi connectivity index (χ1n) is 7.60. The van der Waals surface area contributed by atoms with Gasteiger partial charge < -0.3 is 20.7 Å². The van der Waals surface area contributed by atoms with E-state index in [-0.39, 0.29) is 37.2 Å². The van der Waals surface area contributed by atoms with E-state index in [1.807, 2.05) is 24.3 Å². The Hall–Kier alpha value is -1.15. The van der Waals surface area contributed by atoms with Gasteiger partial charge in [0.2, 0.25) is 11.8 Å². The van der Waals surface area contributed by atoms with E-state index in [9.17, 15) is 9.59 Å². The summed E-state index contributed by atoms with van der Waals surface area (Å²) in [5.41, 5.74) is 5.74. The molecule has 1 aromatic rings. The first-order valence-corrected chi connectivity index (χ1v) is 8.39. The van der Waals surface area contributed by atoms with Crippen molar-refractivity contribution in [1.82, 2.24) is 10.2 Å². The van der Waals surface area contributed by atoms with Gasteiger partial charge in [-0.05, 0) is 24.6 Å². The third-order valence-corrected chi connectivity index (χ3v) is 4.43. The van der Waals surface area contributed by atoms with Gasteiger partial charge in [-0.15, -0.1) is 12.4 Å². The van der Waals surface area contributed by atoms with E-state index >= 15 is 0 Å². The van der Waals surface area contributed by atoms with Gasteiger partial charge in [-0.1, -0.05) is 28.1 Å². The number of nitrogens with zero attached hydrogens (tertiary/aromatic N) is 1. The van der Waals surface area contributed by atoms with Crippen LogP contribution in [0.4, 0.5) is 0 Å². The largest absolute Gasteiger partial charge is 0.378 e. The van der Waals surface area contributed by atoms with Crippen LogP contribution in [0, 0.1) is 0 Å². The number of nitrogens with one attached hydrogen (secondary N) is 1. The summed E-state index contributed by atoms with van der Waals surface area (Å²) in [5.74, 6) is -0.273. The van der Waals surface area contributed by atoms with Gasteiger partial charge in [-0.3, -0.25) is 9.59 Å². The summed E-state index contributed by atoms with van der Waals surface area (Å²) in [6.07, 6.45) is 0.266. The van der Waals surface area contributed by atoms with Crippen molar-refractivity contribution in [3.8, 4) is 0 Å². The van der Waals surface area contributed by atoms with Gasteiger partial charge >= 0.3 is 0 Å². The molecule has 134 valence electrons. The number of carbonyl (C=O) groups is 2. The fourth-order valence-electron chi connectivity index (χ4n) is 2.36. The molecule has 24 heavy (non-hydrogen) atoms. The molecule has 8 heteroatoms. The van der Waals surface area contributed by atoms with Crippen LogP contribution in [0.15, 0.2) is 28.7 Å². The van der Waals surface area contributed by atoms with E-state index in [2.05, 4.69) is 21.2 Å². The Morgan fingerprint density at radius 3 is 2.46 bits per heavy atom. The number of ether oxygens (including phenoxy) is 1. The lowest BCUT2D eigenvalue weighted by Crippen LogP contribution is -2.50. The van der Waals surface area contributed by atoms with Crippen molar-refractivity contribution >= 4 is 40.2 Å². The Bertz CT molecular complexity index is 560. The first-order chi connectivity index (χ1) is 10.9. The molecule has 1 aliphatic heterocycles. The molecule has 1 aliphatic rings. The molecule has 0 aliphatic carbocycles. The number of hydrogen-bond donors (Lipinski definition) is 2. The normalized spacial score (nSPS) is 16.7. The fourth-order valence-corrected chi connectivity index (χ4v) is 2.63. The second-order valence-electron chi connectivity index (χ2n) is 5.71. The standard InChI is InChI=1S/C16H22BrN3O3.ClH/c1-16(18,12-2-4-13(17)5-3-12)15(22)19-7-6-14(21)20-8-10-23-11-9-20;/h2-5H,6-11,18H2,1H3,(H,19,22);1H. The van der Waals surface area contributed by atoms with Crippen molar-refractivity contribution in [2.24, 2.45) is 5.73 Å². The lowest BCUT2D eigenvalue weighted by molar-refractivity contribution is -0.135. The number of halogens is 2. The second kappa shape index (κ2) is 9.36. The molecule has 0 bridgehead atoms. The van der Waals surface area contributed by atoms with Gasteiger partial charge in [0.05, 0.1) is 13.2 Å². The molecular weight excluding hydrogens is 398 g/mol. The third kappa shape index (κ3) is 5.44. The van der Waals surface area contributed by atoms with Crippen LogP contribution in [0.2, 0.25) is 0 Å². The number of benzene rings is 1. The molecular formula is C16H23BrClN3O3. The summed E-state index contributed by atoms with van der Waals surface area (Å²) in [4.78, 5) is 26.1. The number of amides is 2. The topological polar surface area (TPSA) is 84.7 Å². The van der Waals surface area contributed by atoms with Crippen LogP contribution in [0.3, 0.4) is 0 Å². The molecule has 1 unspecified atom stereocenters. The average Bonchev–Trinajstić information content (AvgIpc) is 2.55. The molecule has 0 saturated carbocycles. The van der Waals surface area contributed by atoms with Gasteiger partial charge in [-0.25, -0.2) is 0 Å². The maximum atomic E-state index is 12.3. The predicted octanol–water partition coefficient (Wildman–Crippen LogP) is 1.41. The Morgan fingerprint density at radius 2 is 1.88 bits per heavy atom. The molecule has 6 nitrogen and oxygen atoms in total. The Kier molecular flexibility index (Phi) is 8.15. The Labute approximate surface area is 156 Å². The summed E-state index contributed by atoms with van der Waals surface area (Å²) in [6.45, 7) is 4.30. The molecule has 1 heterocycles. The number of nitrogens with two attached hydrogens (primary N) is 1. The minimum absolute atomic E-state index is 0. The van der Waals surface area contributed by atoms with Crippen LogP contribution < -0.4 is 11.1 Å². The van der Waals surface area contributed by atoms with Crippen molar-refractivity contribution in [3.05, 3.63) is 34.3 Å². The van der Waals surface area contributed by atoms with E-state index in [4.69, 9.17) is 10.5 Å². The summed E-state index contributed by atoms with van der Waals surface area (Å²) in [6, 6.07) is 7.30. The summed E-state index contributed by atoms with van der Waals surface area (Å²) >= 11 is 3.35. The monoisotopic (exact) mass is 419 g/mol. The molecule has 0 radical (unpaired) electrons. The summed E-state index contributed by atoms with van der Waals surface area (Å²) in [7, 11) is 0. The quantitative estimate of drug-likeness (QED) is 0.754. The van der Waals surface area contributed by atoms with Crippen LogP contribution in [0.1, 0.15) is 18.9 Å². The van der Waals surface area contributed by atoms with Crippen LogP contribution in [-0.4, -0.2) is 49.6 Å². The molecule has 2 amide bonds. The van der Waals surface area contributed by atoms with Crippen molar-refractivity contribution < 1.29 is 14.3 Å². The highest BCUT2D eigenvalue weighted by Crippen LogP contribution is 2.20. The van der Waals surface area contributed by atoms with E-state index in [1.165, 1.54) is 0 Å². The van der Waals surface area contributed by atoms with Crippen LogP contribution in [-0.2, 0) is 19.9 Å². The molecule has 1 aromatic carbocycles. The maximum Gasteiger partial charge on any atom is 0.244 e. The van der Waals surface area contributed by atoms with Crippen molar-refractivity contribution in [2.45, 2.75) is 18.9 Å². The van der Waals surface area contributed by atoms with E-state index in [0.717, 1.165) is 10.0 Å². The van der Waals surface area contributed by atoms with E-state index in [1.54, 1.807) is 11.8 Å². The van der Waals surface area contributed by atoms with Gasteiger partial charge in [0.15, 0.2) is 0 Å². The molecule has 0 spiro atoms. The zero-order valence-electron chi connectivity index (χ0n) is 13.6. The number of hydrogen-bond acceptors (Lipinski definition) is 4. The Morgan fingerprint density at radius 1 is 1.29 bits per heavy atom. The molecule has 1 saturated heterocycles. The molecule has 2 rings (SSSR count). The number of morpholine rings is 1. The zero-order chi connectivity index (χ0) is 16.9. The highest BCUT2D eigenvalue weighted by atomic mass is 79.9. The number of rotatable bonds is 5. The lowest BCUT2D eigenvalue weighted by atomic mass is 9.92. The first kappa shape index (κ1) is 20.9. The highest BCUT2D eigenvalue weighted by molar-refractivity contribution is 9.10. The number of carbonyl (C=O) groups excluding carboxylic acids is 2. The van der Waals surface area contributed by atoms with Crippen molar-refractivity contribution in [2.75, 3.05) is 32.8 Å². The fraction of sp³-hybridized carbons (Fsp3) is 0.500. The molecule has 1 fully saturated rings. The van der Waals surface area contributed by atoms with Crippen molar-refractivity contribution in [3.63, 3.8) is 0 Å². The zero-order valence-corrected chi connectivity index (χ0v) is 16.0. The third-order valence-electron chi connectivity index (χ3n) is 3.90. The summed E-state index contributed by atoms with van der Waals surface area (Å²) < 4.78 is 6.14. The highest BCUT2D eigenvalue weighted by Gasteiger charge is 2.30. The molecule has 1 atom stereocenters. The van der Waals surface area contributed by atoms with E-state index < -0.39 is 5.54 Å². The van der Waals surface area contributed by atoms with Gasteiger partial charge in [-0.2, -0.15) is 0 Å². The smallest absolute Gasteiger partial charge is 0.244 e. The van der Waals surface area contributed by atoms with E-state index in [0.29, 0.717) is 26.3 Å². The predicted molar refractivity (Wildman–Crippen MR) is 98.0 cm³/mol. The second-order valence-corrected chi connectivity index (χ2v) is 6.62. The van der Waals surface area contributed by atoms with Crippen LogP contribution in [0.5, 0.6) is 0 Å². The lowest BCUT2D eigenvalue weighted by Gasteiger charge is -2.27. The minimum atomic E-state index is -1.14. The van der Waals surface area contributed by atoms with Crippen molar-refractivity contribution in [1.29, 1.82) is 0 Å². The SMILES string of the molecule is CC(N)(C(=O)NCCC(=O)N1CCOCC1)c1ccc(Br)cc1.Cl. The maximum absolute atomic E-state index is 12.3. The van der Waals surface area contributed by atoms with Crippen LogP contribution in [0.25, 0.3) is 0 Å². The van der Waals surface area contributed by atoms with Gasteiger partial charge in [0, 0.05) is 30.5 Å². The average molecular weight is 421 g/mol. The van der Waals surface area contributed by atoms with Crippen LogP contribution >= 0.6 is 28.3 Å². The summed E-state index contributed by atoms with van der Waals surface area (Å²) in [5, 5.41) is 2.75.